The largest absolute Gasteiger partial charge is 0.409 e. The topological polar surface area (TPSA) is 109 Å². The molecule has 0 atom stereocenters. The van der Waals surface area contributed by atoms with Crippen molar-refractivity contribution in [2.24, 2.45) is 16.3 Å². The molecule has 0 bridgehead atoms. The van der Waals surface area contributed by atoms with Crippen LogP contribution >= 0.6 is 0 Å². The van der Waals surface area contributed by atoms with Crippen LogP contribution in [0.1, 0.15) is 19.8 Å². The van der Waals surface area contributed by atoms with Crippen molar-refractivity contribution >= 4 is 15.9 Å². The van der Waals surface area contributed by atoms with Crippen molar-refractivity contribution in [2.75, 3.05) is 13.1 Å². The zero-order valence-corrected chi connectivity index (χ0v) is 12.0. The van der Waals surface area contributed by atoms with Gasteiger partial charge in [-0.15, -0.1) is 0 Å². The normalized spacial score (nSPS) is 20.8. The van der Waals surface area contributed by atoms with E-state index in [0.717, 1.165) is 0 Å². The van der Waals surface area contributed by atoms with Gasteiger partial charge in [0.2, 0.25) is 10.0 Å². The fraction of sp³-hybridized carbons (Fsp3) is 0.500. The average Bonchev–Trinajstić information content (AvgIpc) is 2.47. The first kappa shape index (κ1) is 14.7. The fourth-order valence-corrected chi connectivity index (χ4v) is 3.65. The highest BCUT2D eigenvalue weighted by Gasteiger charge is 2.38. The van der Waals surface area contributed by atoms with Crippen LogP contribution in [-0.2, 0) is 10.0 Å². The number of hydrogen-bond acceptors (Lipinski definition) is 5. The Morgan fingerprint density at radius 2 is 2.15 bits per heavy atom. The number of nitrogens with two attached hydrogens (primary N) is 1. The summed E-state index contributed by atoms with van der Waals surface area (Å²) in [7, 11) is -3.52. The number of sulfonamides is 1. The van der Waals surface area contributed by atoms with Gasteiger partial charge in [-0.2, -0.15) is 4.31 Å². The van der Waals surface area contributed by atoms with E-state index < -0.39 is 15.4 Å². The predicted octanol–water partition coefficient (Wildman–Crippen LogP) is 0.619. The van der Waals surface area contributed by atoms with Crippen LogP contribution < -0.4 is 5.73 Å². The molecular weight excluding hydrogens is 280 g/mol. The highest BCUT2D eigenvalue weighted by atomic mass is 32.2. The average molecular weight is 298 g/mol. The standard InChI is InChI=1S/C12H18N4O3S/c1-12(11(13)15-17)4-7-16(8-5-12)20(18,19)10-3-2-6-14-9-10/h2-3,6,9,17H,4-5,7-8H2,1H3,(H2,13,15). The maximum atomic E-state index is 12.4. The lowest BCUT2D eigenvalue weighted by Crippen LogP contribution is -2.47. The molecule has 1 aliphatic heterocycles. The van der Waals surface area contributed by atoms with Crippen LogP contribution in [0.3, 0.4) is 0 Å². The van der Waals surface area contributed by atoms with Gasteiger partial charge in [0.05, 0.1) is 0 Å². The second-order valence-electron chi connectivity index (χ2n) is 5.14. The summed E-state index contributed by atoms with van der Waals surface area (Å²) in [5.74, 6) is 0.149. The van der Waals surface area contributed by atoms with E-state index >= 15 is 0 Å². The van der Waals surface area contributed by atoms with Gasteiger partial charge in [-0.25, -0.2) is 8.42 Å². The molecule has 1 saturated heterocycles. The Morgan fingerprint density at radius 3 is 2.65 bits per heavy atom. The number of amidine groups is 1. The second-order valence-corrected chi connectivity index (χ2v) is 7.08. The highest BCUT2D eigenvalue weighted by molar-refractivity contribution is 7.89. The van der Waals surface area contributed by atoms with E-state index in [0.29, 0.717) is 25.9 Å². The van der Waals surface area contributed by atoms with Crippen molar-refractivity contribution in [3.8, 4) is 0 Å². The lowest BCUT2D eigenvalue weighted by Gasteiger charge is -2.37. The lowest BCUT2D eigenvalue weighted by atomic mass is 9.80. The van der Waals surface area contributed by atoms with Crippen molar-refractivity contribution in [3.05, 3.63) is 24.5 Å². The molecule has 2 heterocycles. The minimum atomic E-state index is -3.52. The van der Waals surface area contributed by atoms with E-state index in [1.807, 2.05) is 6.92 Å². The molecule has 8 heteroatoms. The van der Waals surface area contributed by atoms with Crippen molar-refractivity contribution in [2.45, 2.75) is 24.7 Å². The molecule has 0 spiro atoms. The van der Waals surface area contributed by atoms with Gasteiger partial charge in [0.25, 0.3) is 0 Å². The lowest BCUT2D eigenvalue weighted by molar-refractivity contribution is 0.230. The van der Waals surface area contributed by atoms with Crippen LogP contribution in [0.15, 0.2) is 34.6 Å². The Balaban J connectivity index is 2.16. The van der Waals surface area contributed by atoms with E-state index in [1.54, 1.807) is 6.07 Å². The van der Waals surface area contributed by atoms with E-state index in [4.69, 9.17) is 10.9 Å². The zero-order chi connectivity index (χ0) is 14.8. The molecule has 110 valence electrons. The molecule has 1 aromatic heterocycles. The second kappa shape index (κ2) is 5.37. The smallest absolute Gasteiger partial charge is 0.244 e. The Bertz CT molecular complexity index is 592. The van der Waals surface area contributed by atoms with E-state index in [9.17, 15) is 8.42 Å². The SMILES string of the molecule is CC1(/C(N)=N/O)CCN(S(=O)(=O)c2cccnc2)CC1. The van der Waals surface area contributed by atoms with Crippen LogP contribution in [-0.4, -0.2) is 41.8 Å². The molecule has 0 amide bonds. The van der Waals surface area contributed by atoms with Gasteiger partial charge in [0.15, 0.2) is 0 Å². The number of pyridine rings is 1. The van der Waals surface area contributed by atoms with Crippen LogP contribution in [0, 0.1) is 5.41 Å². The molecule has 1 fully saturated rings. The molecule has 2 rings (SSSR count). The van der Waals surface area contributed by atoms with Crippen LogP contribution in [0.4, 0.5) is 0 Å². The Morgan fingerprint density at radius 1 is 1.50 bits per heavy atom. The van der Waals surface area contributed by atoms with Crippen LogP contribution in [0.25, 0.3) is 0 Å². The zero-order valence-electron chi connectivity index (χ0n) is 11.2. The first-order chi connectivity index (χ1) is 9.40. The van der Waals surface area contributed by atoms with Gasteiger partial charge < -0.3 is 10.9 Å². The maximum Gasteiger partial charge on any atom is 0.244 e. The summed E-state index contributed by atoms with van der Waals surface area (Å²) < 4.78 is 26.2. The van der Waals surface area contributed by atoms with Gasteiger partial charge in [-0.3, -0.25) is 4.98 Å². The van der Waals surface area contributed by atoms with Crippen LogP contribution in [0.2, 0.25) is 0 Å². The number of hydrogen-bond donors (Lipinski definition) is 2. The first-order valence-corrected chi connectivity index (χ1v) is 7.72. The third kappa shape index (κ3) is 2.61. The molecule has 1 aliphatic rings. The molecular formula is C12H18N4O3S. The van der Waals surface area contributed by atoms with Gasteiger partial charge in [0.1, 0.15) is 10.7 Å². The van der Waals surface area contributed by atoms with E-state index in [-0.39, 0.29) is 10.7 Å². The van der Waals surface area contributed by atoms with Gasteiger partial charge >= 0.3 is 0 Å². The summed E-state index contributed by atoms with van der Waals surface area (Å²) in [6.07, 6.45) is 3.90. The minimum Gasteiger partial charge on any atom is -0.409 e. The Kier molecular flexibility index (Phi) is 3.96. The molecule has 7 nitrogen and oxygen atoms in total. The monoisotopic (exact) mass is 298 g/mol. The number of oxime groups is 1. The summed E-state index contributed by atoms with van der Waals surface area (Å²) in [5.41, 5.74) is 5.21. The Labute approximate surface area is 118 Å². The molecule has 1 aromatic rings. The molecule has 3 N–H and O–H groups in total. The summed E-state index contributed by atoms with van der Waals surface area (Å²) >= 11 is 0. The van der Waals surface area contributed by atoms with Crippen molar-refractivity contribution in [1.82, 2.24) is 9.29 Å². The third-order valence-corrected chi connectivity index (χ3v) is 5.71. The fourth-order valence-electron chi connectivity index (χ4n) is 2.25. The minimum absolute atomic E-state index is 0.149. The number of piperidine rings is 1. The number of nitrogens with zero attached hydrogens (tertiary/aromatic N) is 3. The van der Waals surface area contributed by atoms with Gasteiger partial charge in [0, 0.05) is 30.9 Å². The van der Waals surface area contributed by atoms with E-state index in [1.165, 1.54) is 22.8 Å². The molecule has 0 aromatic carbocycles. The molecule has 0 aliphatic carbocycles. The summed E-state index contributed by atoms with van der Waals surface area (Å²) in [6.45, 7) is 2.55. The van der Waals surface area contributed by atoms with Crippen molar-refractivity contribution < 1.29 is 13.6 Å². The van der Waals surface area contributed by atoms with Crippen molar-refractivity contribution in [1.29, 1.82) is 0 Å². The Hall–Kier alpha value is -1.67. The highest BCUT2D eigenvalue weighted by Crippen LogP contribution is 2.33. The molecule has 0 radical (unpaired) electrons. The summed E-state index contributed by atoms with van der Waals surface area (Å²) in [5, 5.41) is 11.8. The first-order valence-electron chi connectivity index (χ1n) is 6.28. The molecule has 0 unspecified atom stereocenters. The quantitative estimate of drug-likeness (QED) is 0.368. The number of rotatable bonds is 3. The maximum absolute atomic E-state index is 12.4. The van der Waals surface area contributed by atoms with E-state index in [2.05, 4.69) is 10.1 Å². The van der Waals surface area contributed by atoms with Crippen LogP contribution in [0.5, 0.6) is 0 Å². The third-order valence-electron chi connectivity index (χ3n) is 3.82. The summed E-state index contributed by atoms with van der Waals surface area (Å²) in [6, 6.07) is 3.12. The number of aromatic nitrogens is 1. The summed E-state index contributed by atoms with van der Waals surface area (Å²) in [4.78, 5) is 4.03. The van der Waals surface area contributed by atoms with Crippen molar-refractivity contribution in [3.63, 3.8) is 0 Å². The van der Waals surface area contributed by atoms with Gasteiger partial charge in [-0.05, 0) is 25.0 Å². The molecule has 20 heavy (non-hydrogen) atoms. The van der Waals surface area contributed by atoms with Gasteiger partial charge in [-0.1, -0.05) is 12.1 Å². The predicted molar refractivity (Wildman–Crippen MR) is 73.7 cm³/mol. The molecule has 0 saturated carbocycles.